The Labute approximate surface area is 204 Å². The maximum Gasteiger partial charge on any atom is 0.263 e. The largest absolute Gasteiger partial charge is 0.366 e. The first kappa shape index (κ1) is 24.0. The highest BCUT2D eigenvalue weighted by Gasteiger charge is 2.21. The average Bonchev–Trinajstić information content (AvgIpc) is 3.15. The lowest BCUT2D eigenvalue weighted by Gasteiger charge is -2.15. The smallest absolute Gasteiger partial charge is 0.263 e. The Balaban J connectivity index is 1.87. The van der Waals surface area contributed by atoms with E-state index in [1.807, 2.05) is 13.8 Å². The number of anilines is 1. The predicted molar refractivity (Wildman–Crippen MR) is 137 cm³/mol. The van der Waals surface area contributed by atoms with Crippen LogP contribution in [0.25, 0.3) is 22.2 Å². The van der Waals surface area contributed by atoms with Gasteiger partial charge in [-0.3, -0.25) is 19.4 Å². The zero-order valence-corrected chi connectivity index (χ0v) is 19.8. The molecule has 0 aliphatic carbocycles. The Morgan fingerprint density at radius 3 is 2.49 bits per heavy atom. The molecule has 4 rings (SSSR count). The summed E-state index contributed by atoms with van der Waals surface area (Å²) in [6, 6.07) is 3.29. The van der Waals surface area contributed by atoms with Crippen LogP contribution in [-0.2, 0) is 18.4 Å². The van der Waals surface area contributed by atoms with E-state index in [0.29, 0.717) is 28.0 Å². The third-order valence-corrected chi connectivity index (χ3v) is 6.00. The molecule has 4 radical (unpaired) electrons. The second kappa shape index (κ2) is 8.90. The fraction of sp³-hybridized carbons (Fsp3) is 0.208. The summed E-state index contributed by atoms with van der Waals surface area (Å²) in [4.78, 5) is 46.6. The molecule has 0 aliphatic rings. The number of pyridine rings is 1. The first-order chi connectivity index (χ1) is 16.5. The minimum Gasteiger partial charge on any atom is -0.366 e. The lowest BCUT2D eigenvalue weighted by atomic mass is 9.72. The molecule has 0 bridgehead atoms. The maximum atomic E-state index is 13.1. The number of hydrogen-bond donors (Lipinski definition) is 2. The second-order valence-electron chi connectivity index (χ2n) is 8.51. The van der Waals surface area contributed by atoms with E-state index < -0.39 is 5.91 Å². The number of carbonyl (C=O) groups excluding carboxylic acids is 2. The first-order valence-electron chi connectivity index (χ1n) is 10.8. The number of aromatic nitrogens is 4. The van der Waals surface area contributed by atoms with E-state index in [9.17, 15) is 14.4 Å². The quantitative estimate of drug-likeness (QED) is 0.404. The van der Waals surface area contributed by atoms with E-state index in [2.05, 4.69) is 15.3 Å². The molecule has 35 heavy (non-hydrogen) atoms. The van der Waals surface area contributed by atoms with Gasteiger partial charge in [0.05, 0.1) is 11.7 Å². The minimum absolute atomic E-state index is 0.124. The van der Waals surface area contributed by atoms with E-state index in [1.54, 1.807) is 37.0 Å². The molecular formula is C24H22B2N6O3. The number of hydrogen-bond acceptors (Lipinski definition) is 5. The van der Waals surface area contributed by atoms with Gasteiger partial charge in [0.15, 0.2) is 0 Å². The van der Waals surface area contributed by atoms with Crippen LogP contribution in [0.1, 0.15) is 27.2 Å². The van der Waals surface area contributed by atoms with Crippen molar-refractivity contribution in [3.63, 3.8) is 0 Å². The average molecular weight is 464 g/mol. The number of rotatable bonds is 5. The summed E-state index contributed by atoms with van der Waals surface area (Å²) in [7, 11) is 14.0. The number of benzene rings is 1. The standard InChI is InChI=1S/C24H22B2N6O3/c1-11-7-28-12(2)5-17(11)30-18(33)9-32-8-16(19-23(32)29-10-31(4)24(19)35)15-6-14(22(27)34)13(3)20(25)21(15)26/h5-8,10H,9H2,1-4H3,(H2,27,34)(H,28,30,33). The summed E-state index contributed by atoms with van der Waals surface area (Å²) in [5.41, 5.74) is 9.50. The van der Waals surface area contributed by atoms with Gasteiger partial charge in [-0.25, -0.2) is 4.98 Å². The molecule has 3 heterocycles. The number of nitrogens with two attached hydrogens (primary N) is 1. The Kier molecular flexibility index (Phi) is 6.10. The lowest BCUT2D eigenvalue weighted by Crippen LogP contribution is -2.33. The van der Waals surface area contributed by atoms with Crippen LogP contribution in [0.5, 0.6) is 0 Å². The number of fused-ring (bicyclic) bond motifs is 1. The van der Waals surface area contributed by atoms with Crippen LogP contribution in [-0.4, -0.2) is 46.6 Å². The Morgan fingerprint density at radius 1 is 1.09 bits per heavy atom. The van der Waals surface area contributed by atoms with E-state index in [1.165, 1.54) is 17.0 Å². The number of carbonyl (C=O) groups is 2. The molecule has 172 valence electrons. The van der Waals surface area contributed by atoms with Crippen LogP contribution >= 0.6 is 0 Å². The molecule has 0 saturated carbocycles. The molecule has 1 aromatic carbocycles. The number of primary amides is 1. The van der Waals surface area contributed by atoms with Gasteiger partial charge in [-0.15, -0.1) is 0 Å². The van der Waals surface area contributed by atoms with Gasteiger partial charge < -0.3 is 20.2 Å². The summed E-state index contributed by atoms with van der Waals surface area (Å²) >= 11 is 0. The van der Waals surface area contributed by atoms with Crippen LogP contribution in [0.15, 0.2) is 35.6 Å². The number of amides is 2. The zero-order valence-electron chi connectivity index (χ0n) is 19.8. The Bertz CT molecular complexity index is 1590. The maximum absolute atomic E-state index is 13.1. The molecule has 0 spiro atoms. The number of aryl methyl sites for hydroxylation is 3. The Morgan fingerprint density at radius 2 is 1.80 bits per heavy atom. The van der Waals surface area contributed by atoms with Crippen molar-refractivity contribution in [1.29, 1.82) is 0 Å². The zero-order chi connectivity index (χ0) is 25.6. The van der Waals surface area contributed by atoms with Crippen molar-refractivity contribution in [2.24, 2.45) is 12.8 Å². The summed E-state index contributed by atoms with van der Waals surface area (Å²) in [5, 5.41) is 3.11. The van der Waals surface area contributed by atoms with Crippen LogP contribution < -0.4 is 27.5 Å². The summed E-state index contributed by atoms with van der Waals surface area (Å²) in [6.45, 7) is 5.20. The van der Waals surface area contributed by atoms with Gasteiger partial charge in [0.1, 0.15) is 27.9 Å². The fourth-order valence-corrected chi connectivity index (χ4v) is 4.00. The third kappa shape index (κ3) is 4.25. The Hall–Kier alpha value is -4.14. The van der Waals surface area contributed by atoms with E-state index >= 15 is 0 Å². The topological polar surface area (TPSA) is 125 Å². The fourth-order valence-electron chi connectivity index (χ4n) is 4.00. The highest BCUT2D eigenvalue weighted by molar-refractivity contribution is 6.52. The van der Waals surface area contributed by atoms with Crippen molar-refractivity contribution >= 4 is 55.2 Å². The molecule has 3 N–H and O–H groups in total. The number of nitrogens with one attached hydrogen (secondary N) is 1. The van der Waals surface area contributed by atoms with Gasteiger partial charge in [-0.2, -0.15) is 0 Å². The van der Waals surface area contributed by atoms with Crippen LogP contribution in [0, 0.1) is 20.8 Å². The van der Waals surface area contributed by atoms with Crippen molar-refractivity contribution in [3.05, 3.63) is 63.6 Å². The molecule has 0 unspecified atom stereocenters. The third-order valence-electron chi connectivity index (χ3n) is 6.00. The van der Waals surface area contributed by atoms with Gasteiger partial charge >= 0.3 is 0 Å². The second-order valence-corrected chi connectivity index (χ2v) is 8.51. The SMILES string of the molecule is [B]c1c(-c2cn(CC(=O)Nc3cc(C)ncc3C)c3ncn(C)c(=O)c23)cc(C(N)=O)c(C)c1[B]. The molecule has 11 heteroatoms. The molecule has 9 nitrogen and oxygen atoms in total. The highest BCUT2D eigenvalue weighted by atomic mass is 16.2. The summed E-state index contributed by atoms with van der Waals surface area (Å²) in [5.74, 6) is -0.994. The van der Waals surface area contributed by atoms with Gasteiger partial charge in [-0.1, -0.05) is 10.9 Å². The van der Waals surface area contributed by atoms with Crippen molar-refractivity contribution < 1.29 is 9.59 Å². The number of nitrogens with zero attached hydrogens (tertiary/aromatic N) is 4. The van der Waals surface area contributed by atoms with Crippen LogP contribution in [0.2, 0.25) is 0 Å². The molecule has 2 amide bonds. The summed E-state index contributed by atoms with van der Waals surface area (Å²) in [6.07, 6.45) is 4.66. The van der Waals surface area contributed by atoms with Crippen molar-refractivity contribution in [2.75, 3.05) is 5.32 Å². The predicted octanol–water partition coefficient (Wildman–Crippen LogP) is 0.0475. The minimum atomic E-state index is -0.674. The van der Waals surface area contributed by atoms with Crippen molar-refractivity contribution in [3.8, 4) is 11.1 Å². The van der Waals surface area contributed by atoms with E-state index in [-0.39, 0.29) is 39.9 Å². The van der Waals surface area contributed by atoms with E-state index in [4.69, 9.17) is 21.4 Å². The van der Waals surface area contributed by atoms with Crippen molar-refractivity contribution in [1.82, 2.24) is 19.1 Å². The molecule has 0 saturated heterocycles. The molecule has 3 aromatic heterocycles. The van der Waals surface area contributed by atoms with E-state index in [0.717, 1.165) is 11.3 Å². The molecular weight excluding hydrogens is 442 g/mol. The highest BCUT2D eigenvalue weighted by Crippen LogP contribution is 2.27. The molecule has 0 atom stereocenters. The lowest BCUT2D eigenvalue weighted by molar-refractivity contribution is -0.116. The van der Waals surface area contributed by atoms with Crippen LogP contribution in [0.4, 0.5) is 5.69 Å². The van der Waals surface area contributed by atoms with Gasteiger partial charge in [0.25, 0.3) is 5.56 Å². The monoisotopic (exact) mass is 464 g/mol. The molecule has 4 aromatic rings. The summed E-state index contributed by atoms with van der Waals surface area (Å²) < 4.78 is 2.88. The van der Waals surface area contributed by atoms with Gasteiger partial charge in [0, 0.05) is 41.9 Å². The molecule has 0 fully saturated rings. The van der Waals surface area contributed by atoms with Gasteiger partial charge in [-0.05, 0) is 49.6 Å². The van der Waals surface area contributed by atoms with Crippen LogP contribution in [0.3, 0.4) is 0 Å². The normalized spacial score (nSPS) is 11.1. The van der Waals surface area contributed by atoms with Crippen molar-refractivity contribution in [2.45, 2.75) is 27.3 Å². The first-order valence-corrected chi connectivity index (χ1v) is 10.8. The molecule has 0 aliphatic heterocycles. The van der Waals surface area contributed by atoms with Gasteiger partial charge in [0.2, 0.25) is 11.8 Å².